The molecular weight excluding hydrogens is 264 g/mol. The molecule has 0 spiro atoms. The van der Waals surface area contributed by atoms with E-state index in [0.29, 0.717) is 13.0 Å². The van der Waals surface area contributed by atoms with Crippen molar-refractivity contribution in [1.82, 2.24) is 9.88 Å². The molecule has 0 aliphatic carbocycles. The van der Waals surface area contributed by atoms with Gasteiger partial charge in [0, 0.05) is 17.4 Å². The van der Waals surface area contributed by atoms with Crippen LogP contribution in [-0.2, 0) is 17.8 Å². The number of carbonyl (C=O) groups excluding carboxylic acids is 1. The standard InChI is InChI=1S/C17H16N2O2/c1-2-11-12-8-10(20)6-7-14(12)18-17-13(11)9-19-15(17)4-3-5-16(19)21/h4,6-8,20H,2-3,5,9H2,1H3. The highest BCUT2D eigenvalue weighted by atomic mass is 16.3. The summed E-state index contributed by atoms with van der Waals surface area (Å²) in [7, 11) is 0. The molecule has 0 atom stereocenters. The SMILES string of the molecule is CCc1c2c(nc3ccc(O)cc13)C1=CCCC(=O)N1C2. The number of phenols is 1. The van der Waals surface area contributed by atoms with E-state index >= 15 is 0 Å². The van der Waals surface area contributed by atoms with Crippen LogP contribution in [-0.4, -0.2) is 20.9 Å². The van der Waals surface area contributed by atoms with Crippen LogP contribution in [0.3, 0.4) is 0 Å². The number of benzene rings is 1. The van der Waals surface area contributed by atoms with Crippen LogP contribution in [0.4, 0.5) is 0 Å². The van der Waals surface area contributed by atoms with Gasteiger partial charge in [0.05, 0.1) is 23.5 Å². The van der Waals surface area contributed by atoms with Crippen LogP contribution in [0.25, 0.3) is 16.6 Å². The summed E-state index contributed by atoms with van der Waals surface area (Å²) in [5.74, 6) is 0.435. The van der Waals surface area contributed by atoms with E-state index in [4.69, 9.17) is 4.98 Å². The summed E-state index contributed by atoms with van der Waals surface area (Å²) in [4.78, 5) is 18.7. The molecule has 0 bridgehead atoms. The minimum absolute atomic E-state index is 0.180. The number of allylic oxidation sites excluding steroid dienone is 1. The van der Waals surface area contributed by atoms with E-state index in [1.807, 2.05) is 11.0 Å². The number of fused-ring (bicyclic) bond motifs is 4. The van der Waals surface area contributed by atoms with E-state index in [0.717, 1.165) is 40.7 Å². The number of aromatic nitrogens is 1. The molecule has 4 heteroatoms. The van der Waals surface area contributed by atoms with E-state index in [2.05, 4.69) is 13.0 Å². The Hall–Kier alpha value is -2.36. The van der Waals surface area contributed by atoms with Gasteiger partial charge in [0.15, 0.2) is 0 Å². The number of carbonyl (C=O) groups is 1. The second-order valence-corrected chi connectivity index (χ2v) is 5.58. The van der Waals surface area contributed by atoms with Gasteiger partial charge in [0.2, 0.25) is 5.91 Å². The van der Waals surface area contributed by atoms with Gasteiger partial charge < -0.3 is 10.0 Å². The molecule has 4 nitrogen and oxygen atoms in total. The number of nitrogens with zero attached hydrogens (tertiary/aromatic N) is 2. The number of amides is 1. The molecule has 0 radical (unpaired) electrons. The average molecular weight is 280 g/mol. The van der Waals surface area contributed by atoms with Crippen molar-refractivity contribution in [3.05, 3.63) is 41.1 Å². The molecule has 0 fully saturated rings. The van der Waals surface area contributed by atoms with Gasteiger partial charge in [-0.25, -0.2) is 4.98 Å². The molecule has 21 heavy (non-hydrogen) atoms. The smallest absolute Gasteiger partial charge is 0.227 e. The highest BCUT2D eigenvalue weighted by molar-refractivity contribution is 5.95. The molecule has 0 saturated carbocycles. The lowest BCUT2D eigenvalue weighted by molar-refractivity contribution is -0.128. The Bertz CT molecular complexity index is 808. The van der Waals surface area contributed by atoms with Crippen molar-refractivity contribution in [2.45, 2.75) is 32.7 Å². The zero-order valence-corrected chi connectivity index (χ0v) is 11.9. The number of pyridine rings is 1. The molecule has 2 aromatic rings. The van der Waals surface area contributed by atoms with Gasteiger partial charge in [-0.05, 0) is 36.6 Å². The normalized spacial score (nSPS) is 16.9. The quantitative estimate of drug-likeness (QED) is 0.873. The minimum atomic E-state index is 0.180. The largest absolute Gasteiger partial charge is 0.508 e. The summed E-state index contributed by atoms with van der Waals surface area (Å²) in [6.45, 7) is 2.72. The van der Waals surface area contributed by atoms with Crippen LogP contribution < -0.4 is 0 Å². The number of aryl methyl sites for hydroxylation is 1. The molecule has 1 N–H and O–H groups in total. The fourth-order valence-corrected chi connectivity index (χ4v) is 3.41. The van der Waals surface area contributed by atoms with E-state index in [1.54, 1.807) is 12.1 Å². The molecule has 2 aliphatic heterocycles. The Morgan fingerprint density at radius 2 is 2.24 bits per heavy atom. The third kappa shape index (κ3) is 1.68. The van der Waals surface area contributed by atoms with E-state index in [1.165, 1.54) is 5.56 Å². The van der Waals surface area contributed by atoms with Crippen molar-refractivity contribution in [2.75, 3.05) is 0 Å². The van der Waals surface area contributed by atoms with Crippen LogP contribution in [0, 0.1) is 0 Å². The zero-order chi connectivity index (χ0) is 14.6. The molecule has 2 aliphatic rings. The Morgan fingerprint density at radius 3 is 3.05 bits per heavy atom. The van der Waals surface area contributed by atoms with Crippen molar-refractivity contribution in [3.63, 3.8) is 0 Å². The maximum atomic E-state index is 12.1. The minimum Gasteiger partial charge on any atom is -0.508 e. The Kier molecular flexibility index (Phi) is 2.55. The monoisotopic (exact) mass is 280 g/mol. The number of aromatic hydroxyl groups is 1. The number of hydrogen-bond acceptors (Lipinski definition) is 3. The molecule has 0 saturated heterocycles. The van der Waals surface area contributed by atoms with Crippen LogP contribution in [0.5, 0.6) is 5.75 Å². The van der Waals surface area contributed by atoms with Gasteiger partial charge in [0.25, 0.3) is 0 Å². The number of hydrogen-bond donors (Lipinski definition) is 1. The second-order valence-electron chi connectivity index (χ2n) is 5.58. The van der Waals surface area contributed by atoms with E-state index in [-0.39, 0.29) is 11.7 Å². The first-order valence-corrected chi connectivity index (χ1v) is 7.34. The summed E-state index contributed by atoms with van der Waals surface area (Å²) in [6.07, 6.45) is 4.35. The van der Waals surface area contributed by atoms with Crippen molar-refractivity contribution < 1.29 is 9.90 Å². The third-order valence-electron chi connectivity index (χ3n) is 4.39. The second kappa shape index (κ2) is 4.32. The average Bonchev–Trinajstić information content (AvgIpc) is 2.85. The fourth-order valence-electron chi connectivity index (χ4n) is 3.41. The van der Waals surface area contributed by atoms with Gasteiger partial charge in [-0.2, -0.15) is 0 Å². The van der Waals surface area contributed by atoms with Gasteiger partial charge >= 0.3 is 0 Å². The van der Waals surface area contributed by atoms with Gasteiger partial charge in [-0.1, -0.05) is 13.0 Å². The van der Waals surface area contributed by atoms with Crippen molar-refractivity contribution in [1.29, 1.82) is 0 Å². The lowest BCUT2D eigenvalue weighted by Crippen LogP contribution is -2.26. The van der Waals surface area contributed by atoms with Crippen LogP contribution in [0.15, 0.2) is 24.3 Å². The lowest BCUT2D eigenvalue weighted by Gasteiger charge is -2.21. The highest BCUT2D eigenvalue weighted by Gasteiger charge is 2.33. The summed E-state index contributed by atoms with van der Waals surface area (Å²) < 4.78 is 0. The van der Waals surface area contributed by atoms with Crippen molar-refractivity contribution >= 4 is 22.5 Å². The Balaban J connectivity index is 2.03. The van der Waals surface area contributed by atoms with Crippen LogP contribution in [0.2, 0.25) is 0 Å². The number of phenolic OH excluding ortho intramolecular Hbond substituents is 1. The summed E-state index contributed by atoms with van der Waals surface area (Å²) in [5.41, 5.74) is 5.11. The van der Waals surface area contributed by atoms with Gasteiger partial charge in [0.1, 0.15) is 5.75 Å². The first-order valence-electron chi connectivity index (χ1n) is 7.34. The number of rotatable bonds is 1. The molecule has 106 valence electrons. The third-order valence-corrected chi connectivity index (χ3v) is 4.39. The molecule has 3 heterocycles. The van der Waals surface area contributed by atoms with E-state index < -0.39 is 0 Å². The summed E-state index contributed by atoms with van der Waals surface area (Å²) in [6, 6.07) is 5.28. The summed E-state index contributed by atoms with van der Waals surface area (Å²) >= 11 is 0. The zero-order valence-electron chi connectivity index (χ0n) is 11.9. The predicted octanol–water partition coefficient (Wildman–Crippen LogP) is 2.98. The van der Waals surface area contributed by atoms with Gasteiger partial charge in [-0.3, -0.25) is 4.79 Å². The first-order chi connectivity index (χ1) is 10.2. The fraction of sp³-hybridized carbons (Fsp3) is 0.294. The Labute approximate surface area is 122 Å². The molecule has 1 aromatic carbocycles. The maximum absolute atomic E-state index is 12.1. The lowest BCUT2D eigenvalue weighted by atomic mass is 9.99. The van der Waals surface area contributed by atoms with Crippen molar-refractivity contribution in [2.24, 2.45) is 0 Å². The van der Waals surface area contributed by atoms with Crippen LogP contribution >= 0.6 is 0 Å². The molecule has 1 amide bonds. The van der Waals surface area contributed by atoms with Crippen molar-refractivity contribution in [3.8, 4) is 5.75 Å². The highest BCUT2D eigenvalue weighted by Crippen LogP contribution is 2.39. The molecule has 0 unspecified atom stereocenters. The predicted molar refractivity (Wildman–Crippen MR) is 80.5 cm³/mol. The van der Waals surface area contributed by atoms with Crippen LogP contribution in [0.1, 0.15) is 36.6 Å². The topological polar surface area (TPSA) is 53.4 Å². The van der Waals surface area contributed by atoms with E-state index in [9.17, 15) is 9.90 Å². The van der Waals surface area contributed by atoms with Gasteiger partial charge in [-0.15, -0.1) is 0 Å². The molecule has 4 rings (SSSR count). The first kappa shape index (κ1) is 12.4. The summed E-state index contributed by atoms with van der Waals surface area (Å²) in [5, 5.41) is 10.7. The molecule has 1 aromatic heterocycles. The molecular formula is C17H16N2O2. The Morgan fingerprint density at radius 1 is 1.38 bits per heavy atom. The maximum Gasteiger partial charge on any atom is 0.227 e.